The van der Waals surface area contributed by atoms with Gasteiger partial charge in [0.2, 0.25) is 0 Å². The number of hydrogen-bond acceptors (Lipinski definition) is 6. The Morgan fingerprint density at radius 3 is 3.00 bits per heavy atom. The predicted molar refractivity (Wildman–Crippen MR) is 48.1 cm³/mol. The molecule has 0 saturated heterocycles. The topological polar surface area (TPSA) is 82.5 Å². The first kappa shape index (κ1) is 8.11. The highest BCUT2D eigenvalue weighted by molar-refractivity contribution is 7.15. The van der Waals surface area contributed by atoms with Crippen molar-refractivity contribution in [3.05, 3.63) is 16.9 Å². The van der Waals surface area contributed by atoms with Crippen LogP contribution in [0.2, 0.25) is 0 Å². The van der Waals surface area contributed by atoms with Crippen LogP contribution in [0, 0.1) is 0 Å². The third-order valence-electron chi connectivity index (χ3n) is 1.45. The van der Waals surface area contributed by atoms with Crippen LogP contribution in [0.15, 0.2) is 6.20 Å². The maximum Gasteiger partial charge on any atom is 0.180 e. The second-order valence-electron chi connectivity index (χ2n) is 2.54. The Morgan fingerprint density at radius 1 is 1.62 bits per heavy atom. The number of hydrogen-bond donors (Lipinski definition) is 1. The number of aromatic nitrogens is 5. The molecule has 68 valence electrons. The van der Waals surface area contributed by atoms with Crippen LogP contribution < -0.4 is 5.73 Å². The zero-order valence-electron chi connectivity index (χ0n) is 7.01. The molecule has 0 aliphatic heterocycles. The molecule has 2 N–H and O–H groups in total. The molecule has 6 nitrogen and oxygen atoms in total. The van der Waals surface area contributed by atoms with Crippen molar-refractivity contribution in [2.24, 2.45) is 7.05 Å². The molecule has 0 aliphatic rings. The summed E-state index contributed by atoms with van der Waals surface area (Å²) in [6.07, 6.45) is 2.37. The third kappa shape index (κ3) is 1.81. The lowest BCUT2D eigenvalue weighted by molar-refractivity contribution is 0.628. The van der Waals surface area contributed by atoms with Crippen LogP contribution in [0.1, 0.15) is 10.7 Å². The van der Waals surface area contributed by atoms with Gasteiger partial charge in [-0.05, 0) is 5.21 Å². The van der Waals surface area contributed by atoms with E-state index in [1.807, 2.05) is 0 Å². The minimum absolute atomic E-state index is 0.568. The SMILES string of the molecule is Cn1nnc(Cc2cnc(N)s2)n1. The molecule has 0 atom stereocenters. The van der Waals surface area contributed by atoms with Crippen molar-refractivity contribution in [2.75, 3.05) is 5.73 Å². The van der Waals surface area contributed by atoms with Crippen LogP contribution >= 0.6 is 11.3 Å². The Kier molecular flexibility index (Phi) is 1.93. The van der Waals surface area contributed by atoms with Gasteiger partial charge >= 0.3 is 0 Å². The first-order chi connectivity index (χ1) is 6.24. The van der Waals surface area contributed by atoms with Gasteiger partial charge in [-0.1, -0.05) is 0 Å². The average Bonchev–Trinajstić information content (AvgIpc) is 2.62. The fraction of sp³-hybridized carbons (Fsp3) is 0.333. The number of thiazole rings is 1. The van der Waals surface area contributed by atoms with Gasteiger partial charge in [0.1, 0.15) is 0 Å². The van der Waals surface area contributed by atoms with Gasteiger partial charge in [0.25, 0.3) is 0 Å². The molecular weight excluding hydrogens is 188 g/mol. The van der Waals surface area contributed by atoms with Gasteiger partial charge in [-0.25, -0.2) is 4.98 Å². The summed E-state index contributed by atoms with van der Waals surface area (Å²) in [6, 6.07) is 0. The van der Waals surface area contributed by atoms with Crippen LogP contribution in [-0.4, -0.2) is 25.2 Å². The fourth-order valence-electron chi connectivity index (χ4n) is 0.954. The molecule has 0 amide bonds. The van der Waals surface area contributed by atoms with E-state index in [4.69, 9.17) is 5.73 Å². The number of nitrogens with two attached hydrogens (primary N) is 1. The van der Waals surface area contributed by atoms with Gasteiger partial charge in [0, 0.05) is 17.5 Å². The number of aryl methyl sites for hydroxylation is 1. The summed E-state index contributed by atoms with van der Waals surface area (Å²) in [7, 11) is 1.73. The van der Waals surface area contributed by atoms with Crippen LogP contribution in [0.4, 0.5) is 5.13 Å². The number of rotatable bonds is 2. The fourth-order valence-corrected chi connectivity index (χ4v) is 1.64. The Balaban J connectivity index is 2.14. The third-order valence-corrected chi connectivity index (χ3v) is 2.28. The molecule has 0 bridgehead atoms. The van der Waals surface area contributed by atoms with Gasteiger partial charge in [0.05, 0.1) is 7.05 Å². The maximum absolute atomic E-state index is 5.48. The first-order valence-electron chi connectivity index (χ1n) is 3.67. The van der Waals surface area contributed by atoms with Crippen LogP contribution in [0.5, 0.6) is 0 Å². The second-order valence-corrected chi connectivity index (χ2v) is 3.68. The molecule has 2 aromatic heterocycles. The molecule has 0 radical (unpaired) electrons. The average molecular weight is 196 g/mol. The quantitative estimate of drug-likeness (QED) is 0.721. The van der Waals surface area contributed by atoms with Crippen molar-refractivity contribution >= 4 is 16.5 Å². The van der Waals surface area contributed by atoms with E-state index < -0.39 is 0 Å². The molecule has 0 fully saturated rings. The molecule has 2 aromatic rings. The minimum Gasteiger partial charge on any atom is -0.375 e. The number of anilines is 1. The van der Waals surface area contributed by atoms with Gasteiger partial charge in [-0.3, -0.25) is 0 Å². The van der Waals surface area contributed by atoms with Gasteiger partial charge in [0.15, 0.2) is 11.0 Å². The van der Waals surface area contributed by atoms with Gasteiger partial charge in [-0.2, -0.15) is 4.80 Å². The van der Waals surface area contributed by atoms with E-state index in [0.717, 1.165) is 4.88 Å². The lowest BCUT2D eigenvalue weighted by atomic mass is 10.4. The van der Waals surface area contributed by atoms with Crippen LogP contribution in [0.25, 0.3) is 0 Å². The van der Waals surface area contributed by atoms with Crippen molar-refractivity contribution in [1.82, 2.24) is 25.2 Å². The highest BCUT2D eigenvalue weighted by atomic mass is 32.1. The number of nitrogens with zero attached hydrogens (tertiary/aromatic N) is 5. The summed E-state index contributed by atoms with van der Waals surface area (Å²) in [5.74, 6) is 0.686. The molecule has 0 spiro atoms. The van der Waals surface area contributed by atoms with E-state index in [2.05, 4.69) is 20.4 Å². The molecule has 0 aliphatic carbocycles. The standard InChI is InChI=1S/C6H8N6S/c1-12-10-5(9-11-12)2-4-3-8-6(7)13-4/h3H,2H2,1H3,(H2,7,8). The molecular formula is C6H8N6S. The highest BCUT2D eigenvalue weighted by Crippen LogP contribution is 2.16. The Labute approximate surface area is 78.4 Å². The van der Waals surface area contributed by atoms with E-state index in [9.17, 15) is 0 Å². The smallest absolute Gasteiger partial charge is 0.180 e. The Hall–Kier alpha value is -1.50. The minimum atomic E-state index is 0.568. The monoisotopic (exact) mass is 196 g/mol. The van der Waals surface area contributed by atoms with Crippen LogP contribution in [0.3, 0.4) is 0 Å². The Morgan fingerprint density at radius 2 is 2.46 bits per heavy atom. The summed E-state index contributed by atoms with van der Waals surface area (Å²) < 4.78 is 0. The summed E-state index contributed by atoms with van der Waals surface area (Å²) in [5, 5.41) is 12.2. The zero-order valence-corrected chi connectivity index (χ0v) is 7.82. The molecule has 0 unspecified atom stereocenters. The van der Waals surface area contributed by atoms with Crippen molar-refractivity contribution in [3.8, 4) is 0 Å². The summed E-state index contributed by atoms with van der Waals surface area (Å²) in [5.41, 5.74) is 5.48. The lowest BCUT2D eigenvalue weighted by Crippen LogP contribution is -1.93. The molecule has 2 rings (SSSR count). The lowest BCUT2D eigenvalue weighted by Gasteiger charge is -1.86. The van der Waals surface area contributed by atoms with Crippen molar-refractivity contribution in [1.29, 1.82) is 0 Å². The highest BCUT2D eigenvalue weighted by Gasteiger charge is 2.04. The molecule has 0 saturated carbocycles. The van der Waals surface area contributed by atoms with E-state index in [1.54, 1.807) is 13.2 Å². The van der Waals surface area contributed by atoms with E-state index in [0.29, 0.717) is 17.4 Å². The summed E-state index contributed by atoms with van der Waals surface area (Å²) in [4.78, 5) is 6.41. The molecule has 7 heteroatoms. The van der Waals surface area contributed by atoms with Crippen molar-refractivity contribution in [2.45, 2.75) is 6.42 Å². The summed E-state index contributed by atoms with van der Waals surface area (Å²) in [6.45, 7) is 0. The number of nitrogen functional groups attached to an aromatic ring is 1. The zero-order chi connectivity index (χ0) is 9.26. The maximum atomic E-state index is 5.48. The van der Waals surface area contributed by atoms with Gasteiger partial charge < -0.3 is 5.73 Å². The van der Waals surface area contributed by atoms with E-state index in [-0.39, 0.29) is 0 Å². The normalized spacial score (nSPS) is 10.5. The predicted octanol–water partition coefficient (Wildman–Crippen LogP) is -0.160. The van der Waals surface area contributed by atoms with E-state index in [1.165, 1.54) is 16.1 Å². The van der Waals surface area contributed by atoms with Crippen LogP contribution in [-0.2, 0) is 13.5 Å². The number of tetrazole rings is 1. The Bertz CT molecular complexity index is 366. The molecule has 0 aromatic carbocycles. The second kappa shape index (κ2) is 3.09. The van der Waals surface area contributed by atoms with Gasteiger partial charge in [-0.15, -0.1) is 21.5 Å². The molecule has 2 heterocycles. The van der Waals surface area contributed by atoms with Crippen molar-refractivity contribution in [3.63, 3.8) is 0 Å². The summed E-state index contributed by atoms with van der Waals surface area (Å²) >= 11 is 1.44. The first-order valence-corrected chi connectivity index (χ1v) is 4.49. The largest absolute Gasteiger partial charge is 0.375 e. The van der Waals surface area contributed by atoms with E-state index >= 15 is 0 Å². The molecule has 13 heavy (non-hydrogen) atoms. The van der Waals surface area contributed by atoms with Crippen molar-refractivity contribution < 1.29 is 0 Å².